The Balaban J connectivity index is 0.907. The molecular weight excluding hydrogens is 835 g/mol. The molecule has 2 saturated carbocycles. The SMILES string of the molecule is O=S(=O)(C1CCC1)N(Cc1cc2c(cc1F)CC(CN1CCC1)C2Cc1ccccc1)C1(S(=O)(=O)NCCc2cc3c(cc2F)CC(CN2CCC2)C3Cc2ccccc2)CCC1. The van der Waals surface area contributed by atoms with Crippen LogP contribution in [-0.4, -0.2) is 86.9 Å². The van der Waals surface area contributed by atoms with Crippen LogP contribution >= 0.6 is 0 Å². The highest BCUT2D eigenvalue weighted by Gasteiger charge is 2.59. The maximum atomic E-state index is 16.5. The second kappa shape index (κ2) is 17.7. The van der Waals surface area contributed by atoms with Crippen molar-refractivity contribution < 1.29 is 25.6 Å². The quantitative estimate of drug-likeness (QED) is 0.109. The lowest BCUT2D eigenvalue weighted by Crippen LogP contribution is -2.65. The molecule has 0 bridgehead atoms. The number of sulfonamides is 2. The second-order valence-electron chi connectivity index (χ2n) is 19.7. The first-order chi connectivity index (χ1) is 30.5. The molecule has 4 unspecified atom stereocenters. The normalized spacial score (nSPS) is 24.6. The van der Waals surface area contributed by atoms with Crippen LogP contribution in [0, 0.1) is 23.5 Å². The largest absolute Gasteiger partial charge is 0.303 e. The first-order valence-electron chi connectivity index (χ1n) is 23.6. The molecule has 1 N–H and O–H groups in total. The Labute approximate surface area is 373 Å². The molecule has 2 aliphatic heterocycles. The zero-order valence-electron chi connectivity index (χ0n) is 36.4. The molecule has 4 aromatic rings. The summed E-state index contributed by atoms with van der Waals surface area (Å²) in [6.45, 7) is 5.82. The maximum absolute atomic E-state index is 16.5. The van der Waals surface area contributed by atoms with Crippen molar-refractivity contribution in [3.63, 3.8) is 0 Å². The van der Waals surface area contributed by atoms with E-state index >= 15 is 8.78 Å². The minimum absolute atomic E-state index is 0.0789. The third-order valence-electron chi connectivity index (χ3n) is 15.9. The van der Waals surface area contributed by atoms with Gasteiger partial charge in [-0.2, -0.15) is 4.31 Å². The van der Waals surface area contributed by atoms with E-state index in [1.165, 1.54) is 28.3 Å². The van der Waals surface area contributed by atoms with Crippen LogP contribution in [0.25, 0.3) is 0 Å². The standard InChI is InChI=1S/C51H62F2N4O4S2/c52-49-31-39-27-41(33-55-21-9-22-55)45(25-36-11-3-1-4-12-36)47(39)29-38(49)17-20-54-63(60,61)51(18-8-19-51)57(62(58,59)44-15-7-16-44)35-43-30-48-40(32-50(43)53)28-42(34-56-23-10-24-56)46(48)26-37-13-5-2-6-14-37/h1-6,11-14,29-32,41-42,44-46,54H,7-10,15-28,33-35H2. The molecule has 4 aliphatic carbocycles. The number of nitrogens with zero attached hydrogens (tertiary/aromatic N) is 3. The molecule has 0 spiro atoms. The van der Waals surface area contributed by atoms with Crippen LogP contribution in [0.5, 0.6) is 0 Å². The molecule has 6 aliphatic rings. The van der Waals surface area contributed by atoms with Crippen molar-refractivity contribution in [1.29, 1.82) is 0 Å². The van der Waals surface area contributed by atoms with Gasteiger partial charge in [0, 0.05) is 31.7 Å². The van der Waals surface area contributed by atoms with Crippen molar-refractivity contribution in [3.8, 4) is 0 Å². The molecule has 4 fully saturated rings. The van der Waals surface area contributed by atoms with Gasteiger partial charge < -0.3 is 9.80 Å². The van der Waals surface area contributed by atoms with E-state index in [1.54, 1.807) is 12.1 Å². The molecule has 10 rings (SSSR count). The summed E-state index contributed by atoms with van der Waals surface area (Å²) >= 11 is 0. The Morgan fingerprint density at radius 1 is 0.651 bits per heavy atom. The number of hydrogen-bond acceptors (Lipinski definition) is 6. The topological polar surface area (TPSA) is 90.0 Å². The average molecular weight is 897 g/mol. The molecule has 12 heteroatoms. The minimum Gasteiger partial charge on any atom is -0.303 e. The van der Waals surface area contributed by atoms with E-state index in [2.05, 4.69) is 50.9 Å². The zero-order valence-corrected chi connectivity index (χ0v) is 38.0. The van der Waals surface area contributed by atoms with E-state index in [0.717, 1.165) is 93.6 Å². The molecule has 2 heterocycles. The summed E-state index contributed by atoms with van der Waals surface area (Å²) in [5.74, 6) is 0.185. The number of nitrogens with one attached hydrogen (secondary N) is 1. The molecule has 336 valence electrons. The lowest BCUT2D eigenvalue weighted by Gasteiger charge is -2.49. The summed E-state index contributed by atoms with van der Waals surface area (Å²) in [4.78, 5) is 3.18. The number of halogens is 2. The van der Waals surface area contributed by atoms with Crippen molar-refractivity contribution in [1.82, 2.24) is 18.8 Å². The van der Waals surface area contributed by atoms with Crippen molar-refractivity contribution in [2.45, 2.75) is 112 Å². The molecule has 63 heavy (non-hydrogen) atoms. The van der Waals surface area contributed by atoms with Gasteiger partial charge in [0.1, 0.15) is 11.6 Å². The highest BCUT2D eigenvalue weighted by Crippen LogP contribution is 2.48. The number of hydrogen-bond donors (Lipinski definition) is 1. The van der Waals surface area contributed by atoms with E-state index in [-0.39, 0.29) is 55.6 Å². The van der Waals surface area contributed by atoms with Crippen LogP contribution < -0.4 is 4.72 Å². The van der Waals surface area contributed by atoms with E-state index in [9.17, 15) is 16.8 Å². The van der Waals surface area contributed by atoms with Crippen molar-refractivity contribution in [3.05, 3.63) is 141 Å². The Morgan fingerprint density at radius 3 is 1.60 bits per heavy atom. The smallest absolute Gasteiger partial charge is 0.231 e. The van der Waals surface area contributed by atoms with Gasteiger partial charge in [0.15, 0.2) is 4.87 Å². The molecule has 0 radical (unpaired) electrons. The second-order valence-corrected chi connectivity index (χ2v) is 23.9. The fourth-order valence-electron chi connectivity index (χ4n) is 11.6. The predicted octanol–water partition coefficient (Wildman–Crippen LogP) is 8.10. The van der Waals surface area contributed by atoms with Crippen LogP contribution in [0.2, 0.25) is 0 Å². The van der Waals surface area contributed by atoms with Gasteiger partial charge in [0.2, 0.25) is 20.0 Å². The Bertz CT molecular complexity index is 2510. The van der Waals surface area contributed by atoms with Crippen molar-refractivity contribution in [2.75, 3.05) is 45.8 Å². The van der Waals surface area contributed by atoms with E-state index < -0.39 is 36.0 Å². The molecule has 4 atom stereocenters. The molecule has 2 saturated heterocycles. The van der Waals surface area contributed by atoms with Gasteiger partial charge in [-0.1, -0.05) is 79.2 Å². The summed E-state index contributed by atoms with van der Waals surface area (Å²) in [6.07, 6.45) is 8.16. The van der Waals surface area contributed by atoms with Crippen LogP contribution in [-0.2, 0) is 58.7 Å². The summed E-state index contributed by atoms with van der Waals surface area (Å²) in [5.41, 5.74) is 7.30. The number of fused-ring (bicyclic) bond motifs is 2. The Kier molecular flexibility index (Phi) is 12.2. The highest BCUT2D eigenvalue weighted by atomic mass is 32.2. The Hall–Kier alpha value is -3.52. The van der Waals surface area contributed by atoms with Crippen molar-refractivity contribution in [2.24, 2.45) is 11.8 Å². The van der Waals surface area contributed by atoms with Crippen LogP contribution in [0.15, 0.2) is 84.9 Å². The fourth-order valence-corrected chi connectivity index (χ4v) is 16.2. The highest BCUT2D eigenvalue weighted by molar-refractivity contribution is 7.94. The molecule has 8 nitrogen and oxygen atoms in total. The summed E-state index contributed by atoms with van der Waals surface area (Å²) < 4.78 is 95.1. The van der Waals surface area contributed by atoms with Gasteiger partial charge in [-0.05, 0) is 178 Å². The van der Waals surface area contributed by atoms with Gasteiger partial charge in [0.25, 0.3) is 0 Å². The first kappa shape index (κ1) is 43.4. The third-order valence-corrected chi connectivity index (χ3v) is 20.6. The summed E-state index contributed by atoms with van der Waals surface area (Å²) in [5, 5.41) is -0.705. The molecular formula is C51H62F2N4O4S2. The summed E-state index contributed by atoms with van der Waals surface area (Å²) in [7, 11) is -8.46. The first-order valence-corrected chi connectivity index (χ1v) is 26.6. The van der Waals surface area contributed by atoms with Gasteiger partial charge in [-0.3, -0.25) is 0 Å². The molecule has 4 aromatic carbocycles. The number of benzene rings is 4. The van der Waals surface area contributed by atoms with Crippen LogP contribution in [0.4, 0.5) is 8.78 Å². The lowest BCUT2D eigenvalue weighted by molar-refractivity contribution is 0.145. The van der Waals surface area contributed by atoms with Gasteiger partial charge in [-0.25, -0.2) is 30.3 Å². The molecule has 0 aromatic heterocycles. The van der Waals surface area contributed by atoms with Crippen LogP contribution in [0.3, 0.4) is 0 Å². The van der Waals surface area contributed by atoms with Gasteiger partial charge in [-0.15, -0.1) is 0 Å². The number of likely N-dealkylation sites (tertiary alicyclic amines) is 2. The van der Waals surface area contributed by atoms with E-state index in [1.807, 2.05) is 36.4 Å². The van der Waals surface area contributed by atoms with Crippen LogP contribution in [0.1, 0.15) is 108 Å². The monoisotopic (exact) mass is 896 g/mol. The average Bonchev–Trinajstić information content (AvgIpc) is 3.68. The minimum atomic E-state index is -4.32. The number of rotatable bonds is 18. The third kappa shape index (κ3) is 8.46. The predicted molar refractivity (Wildman–Crippen MR) is 244 cm³/mol. The fraction of sp³-hybridized carbons (Fsp3) is 0.529. The van der Waals surface area contributed by atoms with E-state index in [4.69, 9.17) is 0 Å². The molecule has 0 amide bonds. The van der Waals surface area contributed by atoms with Gasteiger partial charge >= 0.3 is 0 Å². The Morgan fingerprint density at radius 2 is 1.16 bits per heavy atom. The zero-order chi connectivity index (χ0) is 43.3. The lowest BCUT2D eigenvalue weighted by atomic mass is 9.85. The van der Waals surface area contributed by atoms with Gasteiger partial charge in [0.05, 0.1) is 5.25 Å². The summed E-state index contributed by atoms with van der Waals surface area (Å²) in [6, 6.07) is 27.8. The van der Waals surface area contributed by atoms with Crippen molar-refractivity contribution >= 4 is 20.0 Å². The van der Waals surface area contributed by atoms with E-state index in [0.29, 0.717) is 36.7 Å². The maximum Gasteiger partial charge on any atom is 0.231 e.